The summed E-state index contributed by atoms with van der Waals surface area (Å²) in [4.78, 5) is 0. The fraction of sp³-hybridized carbons (Fsp3) is 0.455. The lowest BCUT2D eigenvalue weighted by molar-refractivity contribution is 0.163. The standard InChI is InChI=1S/C11H17NO2.ClH/c1-9(12-11(7-13)8-14)10-5-3-2-4-6-10;/h2-6,9,11-14H,7-8H2,1H3;1H. The second kappa shape index (κ2) is 7.65. The van der Waals surface area contributed by atoms with E-state index in [4.69, 9.17) is 10.2 Å². The van der Waals surface area contributed by atoms with Crippen LogP contribution in [-0.2, 0) is 0 Å². The van der Waals surface area contributed by atoms with Crippen LogP contribution in [0, 0.1) is 0 Å². The van der Waals surface area contributed by atoms with Crippen LogP contribution >= 0.6 is 12.4 Å². The number of hydrogen-bond donors (Lipinski definition) is 3. The molecule has 0 heterocycles. The van der Waals surface area contributed by atoms with Crippen LogP contribution in [0.5, 0.6) is 0 Å². The predicted molar refractivity (Wildman–Crippen MR) is 63.2 cm³/mol. The Labute approximate surface area is 96.5 Å². The first-order valence-corrected chi connectivity index (χ1v) is 4.80. The van der Waals surface area contributed by atoms with Crippen LogP contribution in [0.1, 0.15) is 18.5 Å². The summed E-state index contributed by atoms with van der Waals surface area (Å²) in [6.07, 6.45) is 0. The average molecular weight is 232 g/mol. The Morgan fingerprint density at radius 2 is 1.67 bits per heavy atom. The van der Waals surface area contributed by atoms with Crippen molar-refractivity contribution in [2.75, 3.05) is 13.2 Å². The summed E-state index contributed by atoms with van der Waals surface area (Å²) in [7, 11) is 0. The quantitative estimate of drug-likeness (QED) is 0.712. The van der Waals surface area contributed by atoms with Gasteiger partial charge >= 0.3 is 0 Å². The molecule has 0 fully saturated rings. The van der Waals surface area contributed by atoms with Crippen molar-refractivity contribution in [1.82, 2.24) is 5.32 Å². The molecule has 0 radical (unpaired) electrons. The van der Waals surface area contributed by atoms with Crippen LogP contribution in [0.4, 0.5) is 0 Å². The van der Waals surface area contributed by atoms with E-state index >= 15 is 0 Å². The van der Waals surface area contributed by atoms with E-state index in [9.17, 15) is 0 Å². The molecule has 0 spiro atoms. The molecule has 0 saturated carbocycles. The van der Waals surface area contributed by atoms with Crippen LogP contribution < -0.4 is 5.32 Å². The van der Waals surface area contributed by atoms with Crippen molar-refractivity contribution in [3.8, 4) is 0 Å². The van der Waals surface area contributed by atoms with Gasteiger partial charge in [-0.05, 0) is 12.5 Å². The van der Waals surface area contributed by atoms with E-state index in [0.29, 0.717) is 0 Å². The summed E-state index contributed by atoms with van der Waals surface area (Å²) in [6.45, 7) is 1.91. The van der Waals surface area contributed by atoms with E-state index in [1.54, 1.807) is 0 Å². The van der Waals surface area contributed by atoms with Gasteiger partial charge in [0.05, 0.1) is 19.3 Å². The molecule has 0 aliphatic carbocycles. The van der Waals surface area contributed by atoms with Crippen molar-refractivity contribution in [3.05, 3.63) is 35.9 Å². The molecule has 1 rings (SSSR count). The van der Waals surface area contributed by atoms with E-state index in [0.717, 1.165) is 5.56 Å². The molecule has 0 aromatic heterocycles. The number of rotatable bonds is 5. The summed E-state index contributed by atoms with van der Waals surface area (Å²) < 4.78 is 0. The van der Waals surface area contributed by atoms with Gasteiger partial charge in [0.2, 0.25) is 0 Å². The summed E-state index contributed by atoms with van der Waals surface area (Å²) in [5, 5.41) is 20.9. The maximum Gasteiger partial charge on any atom is 0.0607 e. The number of aliphatic hydroxyl groups is 2. The largest absolute Gasteiger partial charge is 0.395 e. The van der Waals surface area contributed by atoms with Gasteiger partial charge in [-0.1, -0.05) is 30.3 Å². The fourth-order valence-electron chi connectivity index (χ4n) is 1.35. The molecule has 1 unspecified atom stereocenters. The van der Waals surface area contributed by atoms with Crippen molar-refractivity contribution in [2.24, 2.45) is 0 Å². The lowest BCUT2D eigenvalue weighted by atomic mass is 10.1. The highest BCUT2D eigenvalue weighted by atomic mass is 35.5. The molecule has 0 saturated heterocycles. The zero-order valence-corrected chi connectivity index (χ0v) is 9.57. The molecular weight excluding hydrogens is 214 g/mol. The molecule has 1 aromatic rings. The van der Waals surface area contributed by atoms with Gasteiger partial charge in [0, 0.05) is 6.04 Å². The van der Waals surface area contributed by atoms with E-state index < -0.39 is 0 Å². The molecular formula is C11H18ClNO2. The average Bonchev–Trinajstić information content (AvgIpc) is 2.26. The first-order chi connectivity index (χ1) is 6.77. The second-order valence-corrected chi connectivity index (χ2v) is 3.36. The summed E-state index contributed by atoms with van der Waals surface area (Å²) in [5.41, 5.74) is 1.15. The van der Waals surface area contributed by atoms with Crippen molar-refractivity contribution >= 4 is 12.4 Å². The maximum atomic E-state index is 8.90. The molecule has 86 valence electrons. The zero-order valence-electron chi connectivity index (χ0n) is 8.76. The highest BCUT2D eigenvalue weighted by Crippen LogP contribution is 2.11. The monoisotopic (exact) mass is 231 g/mol. The number of nitrogens with one attached hydrogen (secondary N) is 1. The molecule has 3 nitrogen and oxygen atoms in total. The van der Waals surface area contributed by atoms with Crippen molar-refractivity contribution in [2.45, 2.75) is 19.0 Å². The van der Waals surface area contributed by atoms with Crippen LogP contribution in [-0.4, -0.2) is 29.5 Å². The number of hydrogen-bond acceptors (Lipinski definition) is 3. The molecule has 0 aliphatic rings. The lowest BCUT2D eigenvalue weighted by Crippen LogP contribution is -2.37. The van der Waals surface area contributed by atoms with E-state index in [1.165, 1.54) is 0 Å². The molecule has 0 aliphatic heterocycles. The molecule has 1 atom stereocenters. The minimum Gasteiger partial charge on any atom is -0.395 e. The molecule has 3 N–H and O–H groups in total. The third kappa shape index (κ3) is 4.62. The third-order valence-electron chi connectivity index (χ3n) is 2.23. The van der Waals surface area contributed by atoms with Gasteiger partial charge < -0.3 is 15.5 Å². The summed E-state index contributed by atoms with van der Waals surface area (Å²) >= 11 is 0. The smallest absolute Gasteiger partial charge is 0.0607 e. The first kappa shape index (κ1) is 14.4. The maximum absolute atomic E-state index is 8.90. The molecule has 15 heavy (non-hydrogen) atoms. The minimum absolute atomic E-state index is 0. The van der Waals surface area contributed by atoms with E-state index in [2.05, 4.69) is 5.32 Å². The molecule has 0 bridgehead atoms. The third-order valence-corrected chi connectivity index (χ3v) is 2.23. The lowest BCUT2D eigenvalue weighted by Gasteiger charge is -2.20. The normalized spacial score (nSPS) is 12.3. The Bertz CT molecular complexity index is 252. The van der Waals surface area contributed by atoms with Crippen molar-refractivity contribution in [1.29, 1.82) is 0 Å². The van der Waals surface area contributed by atoms with Crippen molar-refractivity contribution < 1.29 is 10.2 Å². The first-order valence-electron chi connectivity index (χ1n) is 4.80. The van der Waals surface area contributed by atoms with Gasteiger partial charge in [-0.3, -0.25) is 0 Å². The SMILES string of the molecule is CC(NC(CO)CO)c1ccccc1.Cl. The van der Waals surface area contributed by atoms with Crippen LogP contribution in [0.2, 0.25) is 0 Å². The molecule has 0 amide bonds. The topological polar surface area (TPSA) is 52.5 Å². The Morgan fingerprint density at radius 3 is 2.13 bits per heavy atom. The Hall–Kier alpha value is -0.610. The van der Waals surface area contributed by atoms with Gasteiger partial charge in [-0.15, -0.1) is 12.4 Å². The Morgan fingerprint density at radius 1 is 1.13 bits per heavy atom. The highest BCUT2D eigenvalue weighted by Gasteiger charge is 2.10. The Balaban J connectivity index is 0.00000196. The van der Waals surface area contributed by atoms with E-state index in [1.807, 2.05) is 37.3 Å². The summed E-state index contributed by atoms with van der Waals surface area (Å²) in [6, 6.07) is 9.84. The number of halogens is 1. The summed E-state index contributed by atoms with van der Waals surface area (Å²) in [5.74, 6) is 0. The van der Waals surface area contributed by atoms with Gasteiger partial charge in [0.15, 0.2) is 0 Å². The Kier molecular flexibility index (Phi) is 7.34. The zero-order chi connectivity index (χ0) is 10.4. The van der Waals surface area contributed by atoms with E-state index in [-0.39, 0.29) is 37.7 Å². The fourth-order valence-corrected chi connectivity index (χ4v) is 1.35. The van der Waals surface area contributed by atoms with Gasteiger partial charge in [0.25, 0.3) is 0 Å². The van der Waals surface area contributed by atoms with Crippen molar-refractivity contribution in [3.63, 3.8) is 0 Å². The highest BCUT2D eigenvalue weighted by molar-refractivity contribution is 5.85. The number of aliphatic hydroxyl groups excluding tert-OH is 2. The second-order valence-electron chi connectivity index (χ2n) is 3.36. The van der Waals surface area contributed by atoms with Crippen LogP contribution in [0.3, 0.4) is 0 Å². The minimum atomic E-state index is -0.245. The predicted octanol–water partition coefficient (Wildman–Crippen LogP) is 1.11. The van der Waals surface area contributed by atoms with Gasteiger partial charge in [-0.2, -0.15) is 0 Å². The van der Waals surface area contributed by atoms with Crippen LogP contribution in [0.25, 0.3) is 0 Å². The number of benzene rings is 1. The molecule has 4 heteroatoms. The molecule has 1 aromatic carbocycles. The van der Waals surface area contributed by atoms with Crippen LogP contribution in [0.15, 0.2) is 30.3 Å². The van der Waals surface area contributed by atoms with Gasteiger partial charge in [0.1, 0.15) is 0 Å². The van der Waals surface area contributed by atoms with Gasteiger partial charge in [-0.25, -0.2) is 0 Å².